The monoisotopic (exact) mass is 218 g/mol. The largest absolute Gasteiger partial charge is 0.317 e. The highest BCUT2D eigenvalue weighted by atomic mass is 16.6. The fraction of sp³-hybridized carbons (Fsp3) is 0.200. The summed E-state index contributed by atoms with van der Waals surface area (Å²) in [6.45, 7) is 1.82. The van der Waals surface area contributed by atoms with Gasteiger partial charge in [-0.2, -0.15) is 0 Å². The van der Waals surface area contributed by atoms with E-state index in [9.17, 15) is 10.1 Å². The van der Waals surface area contributed by atoms with Crippen molar-refractivity contribution in [2.45, 2.75) is 6.92 Å². The third-order valence-corrected chi connectivity index (χ3v) is 2.38. The van der Waals surface area contributed by atoms with Crippen LogP contribution in [0.15, 0.2) is 24.5 Å². The quantitative estimate of drug-likeness (QED) is 0.568. The van der Waals surface area contributed by atoms with E-state index in [1.54, 1.807) is 17.7 Å². The highest BCUT2D eigenvalue weighted by Gasteiger charge is 2.20. The molecule has 0 saturated heterocycles. The van der Waals surface area contributed by atoms with Gasteiger partial charge >= 0.3 is 0 Å². The van der Waals surface area contributed by atoms with Gasteiger partial charge in [-0.3, -0.25) is 10.1 Å². The molecule has 2 rings (SSSR count). The summed E-state index contributed by atoms with van der Waals surface area (Å²) in [6, 6.07) is 4.95. The molecule has 0 aliphatic carbocycles. The molecule has 1 aromatic carbocycles. The first-order valence-corrected chi connectivity index (χ1v) is 4.69. The van der Waals surface area contributed by atoms with Crippen LogP contribution in [0.2, 0.25) is 0 Å². The van der Waals surface area contributed by atoms with E-state index in [-0.39, 0.29) is 5.69 Å². The van der Waals surface area contributed by atoms with Crippen molar-refractivity contribution in [3.63, 3.8) is 0 Å². The summed E-state index contributed by atoms with van der Waals surface area (Å²) in [4.78, 5) is 10.5. The van der Waals surface area contributed by atoms with E-state index >= 15 is 0 Å². The molecule has 0 fully saturated rings. The van der Waals surface area contributed by atoms with Gasteiger partial charge in [0, 0.05) is 13.1 Å². The van der Waals surface area contributed by atoms with Crippen LogP contribution in [0.3, 0.4) is 0 Å². The predicted octanol–water partition coefficient (Wildman–Crippen LogP) is 1.70. The molecule has 0 saturated carbocycles. The van der Waals surface area contributed by atoms with Crippen molar-refractivity contribution in [3.8, 4) is 11.4 Å². The lowest BCUT2D eigenvalue weighted by atomic mass is 10.1. The number of benzene rings is 1. The molecule has 0 atom stereocenters. The fourth-order valence-corrected chi connectivity index (χ4v) is 1.60. The third kappa shape index (κ3) is 1.54. The maximum atomic E-state index is 10.9. The van der Waals surface area contributed by atoms with E-state index in [4.69, 9.17) is 0 Å². The first kappa shape index (κ1) is 10.3. The zero-order valence-electron chi connectivity index (χ0n) is 8.91. The molecule has 0 aliphatic heterocycles. The van der Waals surface area contributed by atoms with Gasteiger partial charge in [0.25, 0.3) is 5.69 Å². The van der Waals surface area contributed by atoms with Crippen LogP contribution in [-0.2, 0) is 7.05 Å². The molecule has 82 valence electrons. The maximum absolute atomic E-state index is 10.9. The van der Waals surface area contributed by atoms with Crippen LogP contribution in [0.1, 0.15) is 5.56 Å². The van der Waals surface area contributed by atoms with Crippen LogP contribution in [0.5, 0.6) is 0 Å². The lowest BCUT2D eigenvalue weighted by Gasteiger charge is -2.05. The summed E-state index contributed by atoms with van der Waals surface area (Å²) in [7, 11) is 1.76. The first-order chi connectivity index (χ1) is 7.61. The Morgan fingerprint density at radius 2 is 2.19 bits per heavy atom. The lowest BCUT2D eigenvalue weighted by molar-refractivity contribution is -0.384. The van der Waals surface area contributed by atoms with Crippen LogP contribution < -0.4 is 0 Å². The van der Waals surface area contributed by atoms with E-state index in [1.165, 1.54) is 12.4 Å². The minimum absolute atomic E-state index is 0.0519. The Labute approximate surface area is 91.7 Å². The highest BCUT2D eigenvalue weighted by Crippen LogP contribution is 2.30. The van der Waals surface area contributed by atoms with E-state index in [1.807, 2.05) is 13.0 Å². The topological polar surface area (TPSA) is 73.8 Å². The highest BCUT2D eigenvalue weighted by molar-refractivity contribution is 5.71. The first-order valence-electron chi connectivity index (χ1n) is 4.69. The molecule has 0 aliphatic rings. The molecule has 0 radical (unpaired) electrons. The molecule has 0 N–H and O–H groups in total. The average Bonchev–Trinajstić information content (AvgIpc) is 2.64. The number of hydrogen-bond acceptors (Lipinski definition) is 4. The molecule has 0 unspecified atom stereocenters. The maximum Gasteiger partial charge on any atom is 0.280 e. The lowest BCUT2D eigenvalue weighted by Crippen LogP contribution is -1.99. The van der Waals surface area contributed by atoms with Gasteiger partial charge in [0.15, 0.2) is 5.82 Å². The van der Waals surface area contributed by atoms with Gasteiger partial charge in [0.05, 0.1) is 10.5 Å². The molecule has 1 heterocycles. The molecule has 2 aromatic rings. The van der Waals surface area contributed by atoms with E-state index in [0.29, 0.717) is 11.4 Å². The van der Waals surface area contributed by atoms with Crippen LogP contribution >= 0.6 is 0 Å². The molecular weight excluding hydrogens is 208 g/mol. The number of aromatic nitrogens is 3. The number of aryl methyl sites for hydroxylation is 2. The predicted molar refractivity (Wildman–Crippen MR) is 57.8 cm³/mol. The van der Waals surface area contributed by atoms with Crippen molar-refractivity contribution in [1.82, 2.24) is 14.8 Å². The number of nitro groups is 1. The van der Waals surface area contributed by atoms with Gasteiger partial charge in [-0.05, 0) is 12.5 Å². The van der Waals surface area contributed by atoms with Crippen molar-refractivity contribution in [1.29, 1.82) is 0 Å². The molecule has 1 aromatic heterocycles. The molecule has 6 heteroatoms. The second-order valence-electron chi connectivity index (χ2n) is 3.49. The SMILES string of the molecule is Cc1cccc([N+](=O)[O-])c1-c1nncn1C. The summed E-state index contributed by atoms with van der Waals surface area (Å²) < 4.78 is 1.66. The van der Waals surface area contributed by atoms with E-state index in [2.05, 4.69) is 10.2 Å². The van der Waals surface area contributed by atoms with Crippen LogP contribution in [0, 0.1) is 17.0 Å². The fourth-order valence-electron chi connectivity index (χ4n) is 1.60. The molecule has 16 heavy (non-hydrogen) atoms. The summed E-state index contributed by atoms with van der Waals surface area (Å²) in [6.07, 6.45) is 1.52. The van der Waals surface area contributed by atoms with Crippen LogP contribution in [0.4, 0.5) is 5.69 Å². The van der Waals surface area contributed by atoms with Gasteiger partial charge < -0.3 is 4.57 Å². The van der Waals surface area contributed by atoms with Crippen molar-refractivity contribution < 1.29 is 4.92 Å². The summed E-state index contributed by atoms with van der Waals surface area (Å²) in [5, 5.41) is 18.6. The minimum Gasteiger partial charge on any atom is -0.317 e. The van der Waals surface area contributed by atoms with Gasteiger partial charge in [0.1, 0.15) is 6.33 Å². The number of nitro benzene ring substituents is 1. The van der Waals surface area contributed by atoms with Crippen LogP contribution in [-0.4, -0.2) is 19.7 Å². The third-order valence-electron chi connectivity index (χ3n) is 2.38. The molecule has 0 bridgehead atoms. The van der Waals surface area contributed by atoms with E-state index < -0.39 is 4.92 Å². The molecule has 0 spiro atoms. The van der Waals surface area contributed by atoms with Gasteiger partial charge in [0.2, 0.25) is 0 Å². The Kier molecular flexibility index (Phi) is 2.40. The van der Waals surface area contributed by atoms with Crippen molar-refractivity contribution >= 4 is 5.69 Å². The average molecular weight is 218 g/mol. The summed E-state index contributed by atoms with van der Waals surface area (Å²) in [5.74, 6) is 0.504. The number of rotatable bonds is 2. The standard InChI is InChI=1S/C10H10N4O2/c1-7-4-3-5-8(14(15)16)9(7)10-12-11-6-13(10)2/h3-6H,1-2H3. The van der Waals surface area contributed by atoms with E-state index in [0.717, 1.165) is 5.56 Å². The number of nitrogens with zero attached hydrogens (tertiary/aromatic N) is 4. The van der Waals surface area contributed by atoms with Crippen molar-refractivity contribution in [2.24, 2.45) is 7.05 Å². The number of hydrogen-bond donors (Lipinski definition) is 0. The molecular formula is C10H10N4O2. The summed E-state index contributed by atoms with van der Waals surface area (Å²) in [5.41, 5.74) is 1.38. The Morgan fingerprint density at radius 1 is 1.44 bits per heavy atom. The summed E-state index contributed by atoms with van der Waals surface area (Å²) >= 11 is 0. The zero-order valence-corrected chi connectivity index (χ0v) is 8.91. The Morgan fingerprint density at radius 3 is 2.75 bits per heavy atom. The minimum atomic E-state index is -0.406. The van der Waals surface area contributed by atoms with Gasteiger partial charge in [-0.1, -0.05) is 12.1 Å². The second-order valence-corrected chi connectivity index (χ2v) is 3.49. The smallest absolute Gasteiger partial charge is 0.280 e. The Bertz CT molecular complexity index is 548. The molecule has 6 nitrogen and oxygen atoms in total. The normalized spacial score (nSPS) is 10.4. The Balaban J connectivity index is 2.73. The van der Waals surface area contributed by atoms with Crippen LogP contribution in [0.25, 0.3) is 11.4 Å². The molecule has 0 amide bonds. The van der Waals surface area contributed by atoms with Crippen molar-refractivity contribution in [3.05, 3.63) is 40.2 Å². The second kappa shape index (κ2) is 3.73. The van der Waals surface area contributed by atoms with Gasteiger partial charge in [-0.15, -0.1) is 10.2 Å². The zero-order chi connectivity index (χ0) is 11.7. The van der Waals surface area contributed by atoms with Crippen molar-refractivity contribution in [2.75, 3.05) is 0 Å². The van der Waals surface area contributed by atoms with Gasteiger partial charge in [-0.25, -0.2) is 0 Å². The Hall–Kier alpha value is -2.24.